The smallest absolute Gasteiger partial charge is 0.238 e. The molecule has 108 valence electrons. The second-order valence-electron chi connectivity index (χ2n) is 4.95. The van der Waals surface area contributed by atoms with Crippen molar-refractivity contribution in [1.29, 1.82) is 0 Å². The van der Waals surface area contributed by atoms with Gasteiger partial charge in [-0.1, -0.05) is 0 Å². The van der Waals surface area contributed by atoms with Gasteiger partial charge in [0.2, 0.25) is 5.91 Å². The first kappa shape index (κ1) is 14.6. The number of benzene rings is 1. The molecule has 1 N–H and O–H groups in total. The van der Waals surface area contributed by atoms with Gasteiger partial charge in [0.05, 0.1) is 12.2 Å². The zero-order valence-corrected chi connectivity index (χ0v) is 10.9. The molecule has 0 aliphatic carbocycles. The fraction of sp³-hybridized carbons (Fsp3) is 0.429. The van der Waals surface area contributed by atoms with Gasteiger partial charge >= 0.3 is 0 Å². The van der Waals surface area contributed by atoms with Gasteiger partial charge in [0.1, 0.15) is 17.9 Å². The van der Waals surface area contributed by atoms with Gasteiger partial charge in [0.25, 0.3) is 0 Å². The van der Waals surface area contributed by atoms with Gasteiger partial charge in [-0.15, -0.1) is 0 Å². The Morgan fingerprint density at radius 1 is 1.45 bits per heavy atom. The van der Waals surface area contributed by atoms with Gasteiger partial charge in [0, 0.05) is 18.5 Å². The first-order valence-corrected chi connectivity index (χ1v) is 6.51. The molecular formula is C14H16F2N2O2. The minimum absolute atomic E-state index is 0.0413. The van der Waals surface area contributed by atoms with Crippen LogP contribution >= 0.6 is 0 Å². The Balaban J connectivity index is 1.90. The summed E-state index contributed by atoms with van der Waals surface area (Å²) in [6, 6.07) is 2.99. The molecule has 0 bridgehead atoms. The monoisotopic (exact) mass is 282 g/mol. The van der Waals surface area contributed by atoms with E-state index in [4.69, 9.17) is 0 Å². The van der Waals surface area contributed by atoms with Crippen molar-refractivity contribution in [2.45, 2.75) is 12.8 Å². The maximum atomic E-state index is 13.4. The third-order valence-corrected chi connectivity index (χ3v) is 3.31. The molecule has 0 spiro atoms. The molecule has 20 heavy (non-hydrogen) atoms. The summed E-state index contributed by atoms with van der Waals surface area (Å²) in [7, 11) is 0. The number of carbonyl (C=O) groups is 2. The second-order valence-corrected chi connectivity index (χ2v) is 4.95. The molecule has 0 radical (unpaired) electrons. The Labute approximate surface area is 115 Å². The van der Waals surface area contributed by atoms with Gasteiger partial charge in [-0.25, -0.2) is 8.78 Å². The summed E-state index contributed by atoms with van der Waals surface area (Å²) in [6.45, 7) is 1.38. The number of hydrogen-bond acceptors (Lipinski definition) is 3. The summed E-state index contributed by atoms with van der Waals surface area (Å²) in [4.78, 5) is 24.4. The van der Waals surface area contributed by atoms with E-state index in [9.17, 15) is 18.4 Å². The lowest BCUT2D eigenvalue weighted by Gasteiger charge is -2.29. The molecule has 1 saturated heterocycles. The highest BCUT2D eigenvalue weighted by Crippen LogP contribution is 2.16. The number of carbonyl (C=O) groups excluding carboxylic acids is 2. The van der Waals surface area contributed by atoms with E-state index in [-0.39, 0.29) is 24.1 Å². The van der Waals surface area contributed by atoms with Crippen LogP contribution in [0.5, 0.6) is 0 Å². The van der Waals surface area contributed by atoms with E-state index in [1.807, 2.05) is 4.90 Å². The average Bonchev–Trinajstić information content (AvgIpc) is 2.42. The summed E-state index contributed by atoms with van der Waals surface area (Å²) < 4.78 is 26.1. The van der Waals surface area contributed by atoms with Crippen LogP contribution in [0.3, 0.4) is 0 Å². The first-order chi connectivity index (χ1) is 9.58. The SMILES string of the molecule is O=CC1CCCN(CC(=O)Nc2ccc(F)cc2F)C1. The van der Waals surface area contributed by atoms with Crippen LogP contribution in [0, 0.1) is 17.6 Å². The van der Waals surface area contributed by atoms with Crippen LogP contribution in [-0.2, 0) is 9.59 Å². The van der Waals surface area contributed by atoms with Gasteiger partial charge in [0.15, 0.2) is 0 Å². The zero-order valence-electron chi connectivity index (χ0n) is 10.9. The summed E-state index contributed by atoms with van der Waals surface area (Å²) >= 11 is 0. The van der Waals surface area contributed by atoms with Crippen LogP contribution < -0.4 is 5.32 Å². The van der Waals surface area contributed by atoms with E-state index < -0.39 is 11.6 Å². The third kappa shape index (κ3) is 3.84. The molecule has 1 aromatic rings. The Hall–Kier alpha value is -1.82. The van der Waals surface area contributed by atoms with Crippen LogP contribution in [0.1, 0.15) is 12.8 Å². The summed E-state index contributed by atoms with van der Waals surface area (Å²) in [5, 5.41) is 2.41. The van der Waals surface area contributed by atoms with Crippen molar-refractivity contribution in [1.82, 2.24) is 4.90 Å². The molecule has 1 atom stereocenters. The summed E-state index contributed by atoms with van der Waals surface area (Å²) in [6.07, 6.45) is 2.61. The van der Waals surface area contributed by atoms with Crippen LogP contribution in [0.4, 0.5) is 14.5 Å². The van der Waals surface area contributed by atoms with Crippen molar-refractivity contribution in [3.8, 4) is 0 Å². The topological polar surface area (TPSA) is 49.4 Å². The largest absolute Gasteiger partial charge is 0.322 e. The molecule has 0 aromatic heterocycles. The Morgan fingerprint density at radius 2 is 2.25 bits per heavy atom. The van der Waals surface area contributed by atoms with Crippen molar-refractivity contribution >= 4 is 17.9 Å². The first-order valence-electron chi connectivity index (χ1n) is 6.51. The lowest BCUT2D eigenvalue weighted by Crippen LogP contribution is -2.40. The third-order valence-electron chi connectivity index (χ3n) is 3.31. The fourth-order valence-corrected chi connectivity index (χ4v) is 2.33. The van der Waals surface area contributed by atoms with E-state index in [1.165, 1.54) is 6.07 Å². The summed E-state index contributed by atoms with van der Waals surface area (Å²) in [5.74, 6) is -1.91. The Kier molecular flexibility index (Phi) is 4.79. The second kappa shape index (κ2) is 6.56. The standard InChI is InChI=1S/C14H16F2N2O2/c15-11-3-4-13(12(16)6-11)17-14(20)8-18-5-1-2-10(7-18)9-19/h3-4,6,9-10H,1-2,5,7-8H2,(H,17,20). The molecule has 1 unspecified atom stereocenters. The molecule has 1 aliphatic heterocycles. The number of likely N-dealkylation sites (tertiary alicyclic amines) is 1. The van der Waals surface area contributed by atoms with Crippen LogP contribution in [0.25, 0.3) is 0 Å². The summed E-state index contributed by atoms with van der Waals surface area (Å²) in [5.41, 5.74) is -0.0413. The molecule has 0 saturated carbocycles. The van der Waals surface area contributed by atoms with E-state index in [0.29, 0.717) is 6.54 Å². The predicted molar refractivity (Wildman–Crippen MR) is 70.2 cm³/mol. The number of amides is 1. The van der Waals surface area contributed by atoms with E-state index >= 15 is 0 Å². The number of hydrogen-bond donors (Lipinski definition) is 1. The number of anilines is 1. The lowest BCUT2D eigenvalue weighted by atomic mass is 10.00. The number of rotatable bonds is 4. The highest BCUT2D eigenvalue weighted by atomic mass is 19.1. The van der Waals surface area contributed by atoms with Crippen LogP contribution in [0.2, 0.25) is 0 Å². The Bertz CT molecular complexity index is 508. The molecule has 1 fully saturated rings. The average molecular weight is 282 g/mol. The van der Waals surface area contributed by atoms with Gasteiger partial charge in [-0.05, 0) is 31.5 Å². The Morgan fingerprint density at radius 3 is 2.95 bits per heavy atom. The number of nitrogens with zero attached hydrogens (tertiary/aromatic N) is 1. The van der Waals surface area contributed by atoms with Crippen LogP contribution in [-0.4, -0.2) is 36.7 Å². The van der Waals surface area contributed by atoms with E-state index in [2.05, 4.69) is 5.32 Å². The fourth-order valence-electron chi connectivity index (χ4n) is 2.33. The maximum absolute atomic E-state index is 13.4. The van der Waals surface area contributed by atoms with E-state index in [1.54, 1.807) is 0 Å². The molecule has 4 nitrogen and oxygen atoms in total. The van der Waals surface area contributed by atoms with Gasteiger partial charge in [-0.3, -0.25) is 9.69 Å². The van der Waals surface area contributed by atoms with Crippen molar-refractivity contribution in [2.75, 3.05) is 25.0 Å². The van der Waals surface area contributed by atoms with Gasteiger partial charge in [-0.2, -0.15) is 0 Å². The number of nitrogens with one attached hydrogen (secondary N) is 1. The number of aldehydes is 1. The molecule has 1 aromatic carbocycles. The number of piperidine rings is 1. The van der Waals surface area contributed by atoms with E-state index in [0.717, 1.165) is 37.8 Å². The lowest BCUT2D eigenvalue weighted by molar-refractivity contribution is -0.119. The zero-order chi connectivity index (χ0) is 14.5. The van der Waals surface area contributed by atoms with Gasteiger partial charge < -0.3 is 10.1 Å². The molecule has 1 heterocycles. The van der Waals surface area contributed by atoms with Crippen LogP contribution in [0.15, 0.2) is 18.2 Å². The van der Waals surface area contributed by atoms with Crippen molar-refractivity contribution in [3.63, 3.8) is 0 Å². The maximum Gasteiger partial charge on any atom is 0.238 e. The molecule has 1 aliphatic rings. The normalized spacial score (nSPS) is 19.6. The number of halogens is 2. The van der Waals surface area contributed by atoms with Crippen molar-refractivity contribution in [3.05, 3.63) is 29.8 Å². The minimum Gasteiger partial charge on any atom is -0.322 e. The minimum atomic E-state index is -0.803. The highest BCUT2D eigenvalue weighted by Gasteiger charge is 2.21. The van der Waals surface area contributed by atoms with Crippen molar-refractivity contribution < 1.29 is 18.4 Å². The molecule has 1 amide bonds. The quantitative estimate of drug-likeness (QED) is 0.857. The molecule has 2 rings (SSSR count). The molecule has 6 heteroatoms. The molecular weight excluding hydrogens is 266 g/mol. The highest BCUT2D eigenvalue weighted by molar-refractivity contribution is 5.92. The van der Waals surface area contributed by atoms with Crippen molar-refractivity contribution in [2.24, 2.45) is 5.92 Å². The predicted octanol–water partition coefficient (Wildman–Crippen LogP) is 1.81.